The van der Waals surface area contributed by atoms with E-state index in [4.69, 9.17) is 0 Å². The lowest BCUT2D eigenvalue weighted by molar-refractivity contribution is -0.133. The molecule has 0 unspecified atom stereocenters. The largest absolute Gasteiger partial charge is 0.341 e. The third-order valence-electron chi connectivity index (χ3n) is 4.75. The average molecular weight is 325 g/mol. The van der Waals surface area contributed by atoms with Gasteiger partial charge in [-0.1, -0.05) is 0 Å². The molecule has 0 aromatic rings. The van der Waals surface area contributed by atoms with Crippen molar-refractivity contribution in [2.75, 3.05) is 32.4 Å². The second-order valence-electron chi connectivity index (χ2n) is 6.33. The number of amides is 1. The zero-order chi connectivity index (χ0) is 14.3. The maximum absolute atomic E-state index is 12.5. The highest BCUT2D eigenvalue weighted by Crippen LogP contribution is 2.29. The summed E-state index contributed by atoms with van der Waals surface area (Å²) in [5, 5.41) is 3.39. The molecule has 0 bridgehead atoms. The molecule has 2 atom stereocenters. The van der Waals surface area contributed by atoms with Crippen LogP contribution in [0, 0.1) is 11.8 Å². The first-order valence-electron chi connectivity index (χ1n) is 6.93. The summed E-state index contributed by atoms with van der Waals surface area (Å²) in [5.74, 6) is 1.03. The lowest BCUT2D eigenvalue weighted by Gasteiger charge is -2.30. The predicted octanol–water partition coefficient (Wildman–Crippen LogP) is 0.689. The molecule has 0 spiro atoms. The Bertz CT molecular complexity index is 450. The van der Waals surface area contributed by atoms with Gasteiger partial charge in [-0.2, -0.15) is 0 Å². The summed E-state index contributed by atoms with van der Waals surface area (Å²) in [6, 6.07) is 0. The number of carbonyl (C=O) groups excluding carboxylic acids is 1. The van der Waals surface area contributed by atoms with Gasteiger partial charge in [0.2, 0.25) is 5.91 Å². The number of carbonyl (C=O) groups is 1. The lowest BCUT2D eigenvalue weighted by Crippen LogP contribution is -2.50. The first kappa shape index (κ1) is 17.7. The standard InChI is InChI=1S/C13H24N2O3S.ClH/c1-13(2,19(3,17)18)12(16)15-6-4-10-8-14-9-11(10)5-7-15;/h10-11,14H,4-9H2,1-3H3;1H/t10-,11+;. The topological polar surface area (TPSA) is 66.5 Å². The molecule has 0 aliphatic carbocycles. The Kier molecular flexibility index (Phi) is 5.49. The van der Waals surface area contributed by atoms with Crippen LogP contribution >= 0.6 is 12.4 Å². The van der Waals surface area contributed by atoms with E-state index in [0.29, 0.717) is 24.9 Å². The molecule has 1 amide bonds. The highest BCUT2D eigenvalue weighted by Gasteiger charge is 2.42. The second kappa shape index (κ2) is 6.20. The van der Waals surface area contributed by atoms with Crippen LogP contribution in [0.1, 0.15) is 26.7 Å². The first-order chi connectivity index (χ1) is 8.73. The quantitative estimate of drug-likeness (QED) is 0.811. The fraction of sp³-hybridized carbons (Fsp3) is 0.923. The maximum atomic E-state index is 12.5. The fourth-order valence-corrected chi connectivity index (χ4v) is 3.41. The Hall–Kier alpha value is -0.330. The van der Waals surface area contributed by atoms with Gasteiger partial charge in [0, 0.05) is 19.3 Å². The molecule has 1 N–H and O–H groups in total. The number of hydrogen-bond acceptors (Lipinski definition) is 4. The number of likely N-dealkylation sites (tertiary alicyclic amines) is 1. The van der Waals surface area contributed by atoms with Crippen molar-refractivity contribution >= 4 is 28.2 Å². The van der Waals surface area contributed by atoms with Crippen molar-refractivity contribution < 1.29 is 13.2 Å². The summed E-state index contributed by atoms with van der Waals surface area (Å²) in [6.45, 7) is 6.45. The van der Waals surface area contributed by atoms with Gasteiger partial charge < -0.3 is 10.2 Å². The van der Waals surface area contributed by atoms with Gasteiger partial charge in [-0.15, -0.1) is 12.4 Å². The lowest BCUT2D eigenvalue weighted by atomic mass is 9.92. The Morgan fingerprint density at radius 1 is 1.15 bits per heavy atom. The van der Waals surface area contributed by atoms with Crippen molar-refractivity contribution in [1.29, 1.82) is 0 Å². The van der Waals surface area contributed by atoms with E-state index >= 15 is 0 Å². The van der Waals surface area contributed by atoms with E-state index in [1.165, 1.54) is 13.8 Å². The molecule has 5 nitrogen and oxygen atoms in total. The molecule has 2 saturated heterocycles. The van der Waals surface area contributed by atoms with Gasteiger partial charge in [0.1, 0.15) is 4.75 Å². The van der Waals surface area contributed by atoms with Crippen LogP contribution in [-0.2, 0) is 14.6 Å². The summed E-state index contributed by atoms with van der Waals surface area (Å²) in [5.41, 5.74) is 0. The molecular formula is C13H25ClN2O3S. The van der Waals surface area contributed by atoms with E-state index in [9.17, 15) is 13.2 Å². The highest BCUT2D eigenvalue weighted by molar-refractivity contribution is 7.92. The van der Waals surface area contributed by atoms with Gasteiger partial charge >= 0.3 is 0 Å². The Labute approximate surface area is 127 Å². The van der Waals surface area contributed by atoms with E-state index in [-0.39, 0.29) is 18.3 Å². The molecule has 2 fully saturated rings. The number of fused-ring (bicyclic) bond motifs is 1. The van der Waals surface area contributed by atoms with Crippen molar-refractivity contribution in [2.45, 2.75) is 31.4 Å². The number of rotatable bonds is 2. The second-order valence-corrected chi connectivity index (χ2v) is 8.90. The van der Waals surface area contributed by atoms with Gasteiger partial charge in [0.05, 0.1) is 0 Å². The highest BCUT2D eigenvalue weighted by atomic mass is 35.5. The molecule has 118 valence electrons. The predicted molar refractivity (Wildman–Crippen MR) is 81.8 cm³/mol. The molecule has 0 radical (unpaired) electrons. The zero-order valence-electron chi connectivity index (χ0n) is 12.4. The molecule has 2 aliphatic rings. The SMILES string of the molecule is CC(C)(C(=O)N1CC[C@@H]2CNC[C@@H]2CC1)S(C)(=O)=O.Cl. The number of nitrogens with zero attached hydrogens (tertiary/aromatic N) is 1. The van der Waals surface area contributed by atoms with Gasteiger partial charge in [-0.25, -0.2) is 8.42 Å². The molecule has 0 saturated carbocycles. The summed E-state index contributed by atoms with van der Waals surface area (Å²) < 4.78 is 22.2. The smallest absolute Gasteiger partial charge is 0.243 e. The number of nitrogens with one attached hydrogen (secondary N) is 1. The normalized spacial score (nSPS) is 27.4. The number of halogens is 1. The Balaban J connectivity index is 0.00000200. The van der Waals surface area contributed by atoms with Crippen LogP contribution in [0.4, 0.5) is 0 Å². The van der Waals surface area contributed by atoms with Gasteiger partial charge in [0.15, 0.2) is 9.84 Å². The Morgan fingerprint density at radius 2 is 1.60 bits per heavy atom. The number of hydrogen-bond donors (Lipinski definition) is 1. The summed E-state index contributed by atoms with van der Waals surface area (Å²) in [4.78, 5) is 14.2. The summed E-state index contributed by atoms with van der Waals surface area (Å²) in [7, 11) is -3.39. The van der Waals surface area contributed by atoms with Crippen molar-refractivity contribution in [1.82, 2.24) is 10.2 Å². The third kappa shape index (κ3) is 3.28. The molecule has 7 heteroatoms. The van der Waals surface area contributed by atoms with Crippen molar-refractivity contribution in [3.05, 3.63) is 0 Å². The van der Waals surface area contributed by atoms with Gasteiger partial charge in [-0.05, 0) is 51.6 Å². The van der Waals surface area contributed by atoms with E-state index in [0.717, 1.165) is 32.2 Å². The average Bonchev–Trinajstić information content (AvgIpc) is 2.66. The van der Waals surface area contributed by atoms with Crippen LogP contribution in [-0.4, -0.2) is 56.4 Å². The van der Waals surface area contributed by atoms with Crippen LogP contribution < -0.4 is 5.32 Å². The van der Waals surface area contributed by atoms with E-state index in [2.05, 4.69) is 5.32 Å². The van der Waals surface area contributed by atoms with E-state index in [1.807, 2.05) is 0 Å². The zero-order valence-corrected chi connectivity index (χ0v) is 14.0. The van der Waals surface area contributed by atoms with Crippen molar-refractivity contribution in [2.24, 2.45) is 11.8 Å². The van der Waals surface area contributed by atoms with E-state index < -0.39 is 14.6 Å². The Morgan fingerprint density at radius 3 is 2.00 bits per heavy atom. The molecular weight excluding hydrogens is 300 g/mol. The van der Waals surface area contributed by atoms with Crippen LogP contribution in [0.3, 0.4) is 0 Å². The van der Waals surface area contributed by atoms with Crippen LogP contribution in [0.25, 0.3) is 0 Å². The molecule has 0 aromatic carbocycles. The molecule has 2 rings (SSSR count). The molecule has 0 aromatic heterocycles. The number of sulfone groups is 1. The van der Waals surface area contributed by atoms with Gasteiger partial charge in [-0.3, -0.25) is 4.79 Å². The van der Waals surface area contributed by atoms with Crippen LogP contribution in [0.2, 0.25) is 0 Å². The summed E-state index contributed by atoms with van der Waals surface area (Å²) >= 11 is 0. The van der Waals surface area contributed by atoms with Crippen LogP contribution in [0.15, 0.2) is 0 Å². The minimum absolute atomic E-state index is 0. The first-order valence-corrected chi connectivity index (χ1v) is 8.82. The van der Waals surface area contributed by atoms with Crippen molar-refractivity contribution in [3.63, 3.8) is 0 Å². The third-order valence-corrected chi connectivity index (χ3v) is 6.78. The molecule has 2 aliphatic heterocycles. The van der Waals surface area contributed by atoms with E-state index in [1.54, 1.807) is 4.90 Å². The minimum Gasteiger partial charge on any atom is -0.341 e. The maximum Gasteiger partial charge on any atom is 0.243 e. The monoisotopic (exact) mass is 324 g/mol. The molecule has 2 heterocycles. The van der Waals surface area contributed by atoms with Crippen LogP contribution in [0.5, 0.6) is 0 Å². The fourth-order valence-electron chi connectivity index (χ4n) is 2.96. The van der Waals surface area contributed by atoms with Gasteiger partial charge in [0.25, 0.3) is 0 Å². The summed E-state index contributed by atoms with van der Waals surface area (Å²) in [6.07, 6.45) is 3.09. The minimum atomic E-state index is -3.39. The van der Waals surface area contributed by atoms with Crippen molar-refractivity contribution in [3.8, 4) is 0 Å². The molecule has 20 heavy (non-hydrogen) atoms.